The van der Waals surface area contributed by atoms with Crippen LogP contribution in [0.2, 0.25) is 0 Å². The third-order valence-corrected chi connectivity index (χ3v) is 3.17. The van der Waals surface area contributed by atoms with Crippen LogP contribution in [-0.4, -0.2) is 11.1 Å². The van der Waals surface area contributed by atoms with E-state index in [1.807, 2.05) is 13.8 Å². The highest BCUT2D eigenvalue weighted by atomic mass is 16.4. The molecule has 1 fully saturated rings. The number of carbonyl (C=O) groups is 1. The van der Waals surface area contributed by atoms with Gasteiger partial charge in [-0.3, -0.25) is 4.79 Å². The van der Waals surface area contributed by atoms with Crippen molar-refractivity contribution in [2.24, 2.45) is 23.7 Å². The van der Waals surface area contributed by atoms with Crippen LogP contribution in [0.5, 0.6) is 0 Å². The molecule has 0 aromatic rings. The van der Waals surface area contributed by atoms with Crippen LogP contribution in [0.15, 0.2) is 0 Å². The van der Waals surface area contributed by atoms with Crippen molar-refractivity contribution in [1.82, 2.24) is 0 Å². The zero-order valence-corrected chi connectivity index (χ0v) is 8.79. The van der Waals surface area contributed by atoms with Crippen LogP contribution >= 0.6 is 0 Å². The summed E-state index contributed by atoms with van der Waals surface area (Å²) >= 11 is 0. The Bertz CT molecular complexity index is 183. The van der Waals surface area contributed by atoms with Crippen molar-refractivity contribution in [3.05, 3.63) is 0 Å². The van der Waals surface area contributed by atoms with E-state index >= 15 is 0 Å². The van der Waals surface area contributed by atoms with Gasteiger partial charge in [-0.05, 0) is 37.0 Å². The zero-order valence-electron chi connectivity index (χ0n) is 8.79. The molecule has 0 saturated heterocycles. The first-order chi connectivity index (χ1) is 6.02. The van der Waals surface area contributed by atoms with E-state index < -0.39 is 5.97 Å². The van der Waals surface area contributed by atoms with Crippen LogP contribution in [0.3, 0.4) is 0 Å². The maximum Gasteiger partial charge on any atom is 0.306 e. The fourth-order valence-corrected chi connectivity index (χ4v) is 1.92. The molecule has 1 rings (SSSR count). The summed E-state index contributed by atoms with van der Waals surface area (Å²) in [6, 6.07) is 0. The van der Waals surface area contributed by atoms with E-state index in [1.54, 1.807) is 0 Å². The molecular formula is C11H20O2. The lowest BCUT2D eigenvalue weighted by molar-refractivity contribution is -0.144. The standard InChI is InChI=1S/C11H20O2/c1-7(2)10(11(12)13)6-8(3)9-4-5-9/h7-10H,4-6H2,1-3H3,(H,12,13). The summed E-state index contributed by atoms with van der Waals surface area (Å²) in [7, 11) is 0. The Morgan fingerprint density at radius 2 is 1.92 bits per heavy atom. The van der Waals surface area contributed by atoms with E-state index in [-0.39, 0.29) is 11.8 Å². The van der Waals surface area contributed by atoms with Crippen LogP contribution in [-0.2, 0) is 4.79 Å². The van der Waals surface area contributed by atoms with E-state index in [2.05, 4.69) is 6.92 Å². The van der Waals surface area contributed by atoms with E-state index in [0.717, 1.165) is 12.3 Å². The van der Waals surface area contributed by atoms with Gasteiger partial charge in [0.05, 0.1) is 5.92 Å². The Kier molecular flexibility index (Phi) is 3.34. The Balaban J connectivity index is 2.41. The topological polar surface area (TPSA) is 37.3 Å². The smallest absolute Gasteiger partial charge is 0.306 e. The van der Waals surface area contributed by atoms with E-state index in [0.29, 0.717) is 5.92 Å². The van der Waals surface area contributed by atoms with Crippen molar-refractivity contribution < 1.29 is 9.90 Å². The van der Waals surface area contributed by atoms with Gasteiger partial charge >= 0.3 is 5.97 Å². The first kappa shape index (κ1) is 10.6. The lowest BCUT2D eigenvalue weighted by Gasteiger charge is -2.20. The second-order valence-electron chi connectivity index (χ2n) is 4.74. The SMILES string of the molecule is CC(C)C(CC(C)C1CC1)C(=O)O. The lowest BCUT2D eigenvalue weighted by Crippen LogP contribution is -2.22. The molecule has 2 heteroatoms. The third kappa shape index (κ3) is 3.02. The number of carboxylic acid groups (broad SMARTS) is 1. The molecule has 1 aliphatic rings. The van der Waals surface area contributed by atoms with Crippen LogP contribution in [0, 0.1) is 23.7 Å². The van der Waals surface area contributed by atoms with Crippen LogP contribution < -0.4 is 0 Å². The molecule has 1 N–H and O–H groups in total. The summed E-state index contributed by atoms with van der Waals surface area (Å²) in [5.74, 6) is 0.917. The minimum Gasteiger partial charge on any atom is -0.481 e. The molecule has 76 valence electrons. The van der Waals surface area contributed by atoms with Crippen LogP contribution in [0.1, 0.15) is 40.0 Å². The predicted molar refractivity (Wildman–Crippen MR) is 52.5 cm³/mol. The van der Waals surface area contributed by atoms with Crippen LogP contribution in [0.25, 0.3) is 0 Å². The van der Waals surface area contributed by atoms with Gasteiger partial charge in [-0.15, -0.1) is 0 Å². The molecule has 0 aromatic heterocycles. The fraction of sp³-hybridized carbons (Fsp3) is 0.909. The molecule has 2 atom stereocenters. The lowest BCUT2D eigenvalue weighted by atomic mass is 9.85. The van der Waals surface area contributed by atoms with Crippen molar-refractivity contribution in [2.45, 2.75) is 40.0 Å². The van der Waals surface area contributed by atoms with Gasteiger partial charge in [0.15, 0.2) is 0 Å². The average molecular weight is 184 g/mol. The molecule has 13 heavy (non-hydrogen) atoms. The van der Waals surface area contributed by atoms with Gasteiger partial charge in [-0.1, -0.05) is 20.8 Å². The van der Waals surface area contributed by atoms with Crippen molar-refractivity contribution in [1.29, 1.82) is 0 Å². The number of rotatable bonds is 5. The number of carboxylic acids is 1. The summed E-state index contributed by atoms with van der Waals surface area (Å²) in [5, 5.41) is 8.99. The minimum absolute atomic E-state index is 0.143. The van der Waals surface area contributed by atoms with Crippen LogP contribution in [0.4, 0.5) is 0 Å². The number of hydrogen-bond acceptors (Lipinski definition) is 1. The molecule has 2 unspecified atom stereocenters. The van der Waals surface area contributed by atoms with Gasteiger partial charge in [0.1, 0.15) is 0 Å². The van der Waals surface area contributed by atoms with Crippen molar-refractivity contribution in [3.8, 4) is 0 Å². The Labute approximate surface area is 80.3 Å². The first-order valence-electron chi connectivity index (χ1n) is 5.25. The second-order valence-corrected chi connectivity index (χ2v) is 4.74. The molecule has 0 aliphatic heterocycles. The van der Waals surface area contributed by atoms with Crippen molar-refractivity contribution in [3.63, 3.8) is 0 Å². The summed E-state index contributed by atoms with van der Waals surface area (Å²) < 4.78 is 0. The highest BCUT2D eigenvalue weighted by Gasteiger charge is 2.32. The molecule has 0 spiro atoms. The Morgan fingerprint density at radius 3 is 2.23 bits per heavy atom. The molecule has 1 aliphatic carbocycles. The third-order valence-electron chi connectivity index (χ3n) is 3.17. The first-order valence-corrected chi connectivity index (χ1v) is 5.25. The molecule has 0 aromatic carbocycles. The predicted octanol–water partition coefficient (Wildman–Crippen LogP) is 2.78. The van der Waals surface area contributed by atoms with Gasteiger partial charge in [-0.2, -0.15) is 0 Å². The highest BCUT2D eigenvalue weighted by Crippen LogP contribution is 2.40. The molecule has 1 saturated carbocycles. The van der Waals surface area contributed by atoms with E-state index in [4.69, 9.17) is 5.11 Å². The number of hydrogen-bond donors (Lipinski definition) is 1. The normalized spacial score (nSPS) is 21.5. The molecule has 0 amide bonds. The second kappa shape index (κ2) is 4.12. The van der Waals surface area contributed by atoms with Crippen molar-refractivity contribution in [2.75, 3.05) is 0 Å². The Morgan fingerprint density at radius 1 is 1.38 bits per heavy atom. The fourth-order valence-electron chi connectivity index (χ4n) is 1.92. The molecule has 2 nitrogen and oxygen atoms in total. The van der Waals surface area contributed by atoms with Gasteiger partial charge in [0.25, 0.3) is 0 Å². The largest absolute Gasteiger partial charge is 0.481 e. The molecular weight excluding hydrogens is 164 g/mol. The maximum atomic E-state index is 10.9. The summed E-state index contributed by atoms with van der Waals surface area (Å²) in [6.45, 7) is 6.19. The zero-order chi connectivity index (χ0) is 10.0. The maximum absolute atomic E-state index is 10.9. The van der Waals surface area contributed by atoms with Gasteiger partial charge < -0.3 is 5.11 Å². The minimum atomic E-state index is -0.623. The summed E-state index contributed by atoms with van der Waals surface area (Å²) in [4.78, 5) is 10.9. The summed E-state index contributed by atoms with van der Waals surface area (Å²) in [6.07, 6.45) is 3.48. The Hall–Kier alpha value is -0.530. The molecule has 0 heterocycles. The molecule has 0 radical (unpaired) electrons. The van der Waals surface area contributed by atoms with Crippen molar-refractivity contribution >= 4 is 5.97 Å². The quantitative estimate of drug-likeness (QED) is 0.713. The number of aliphatic carboxylic acids is 1. The molecule has 0 bridgehead atoms. The monoisotopic (exact) mass is 184 g/mol. The van der Waals surface area contributed by atoms with Gasteiger partial charge in [-0.25, -0.2) is 0 Å². The van der Waals surface area contributed by atoms with Gasteiger partial charge in [0.2, 0.25) is 0 Å². The summed E-state index contributed by atoms with van der Waals surface area (Å²) in [5.41, 5.74) is 0. The average Bonchev–Trinajstić information content (AvgIpc) is 2.80. The van der Waals surface area contributed by atoms with E-state index in [9.17, 15) is 4.79 Å². The van der Waals surface area contributed by atoms with Gasteiger partial charge in [0, 0.05) is 0 Å². The highest BCUT2D eigenvalue weighted by molar-refractivity contribution is 5.70. The van der Waals surface area contributed by atoms with E-state index in [1.165, 1.54) is 12.8 Å².